The number of carbonyl (C=O) groups is 1. The molecule has 2 bridgehead atoms. The molecule has 7 nitrogen and oxygen atoms in total. The van der Waals surface area contributed by atoms with Crippen molar-refractivity contribution in [2.24, 2.45) is 11.8 Å². The quantitative estimate of drug-likeness (QED) is 0.565. The van der Waals surface area contributed by atoms with Gasteiger partial charge in [0.2, 0.25) is 5.91 Å². The van der Waals surface area contributed by atoms with Crippen molar-refractivity contribution in [2.75, 3.05) is 13.1 Å². The van der Waals surface area contributed by atoms with Crippen LogP contribution in [0.15, 0.2) is 66.9 Å². The van der Waals surface area contributed by atoms with Gasteiger partial charge in [0, 0.05) is 19.4 Å². The number of quaternary nitrogens is 1. The number of fused-ring (bicyclic) bond motifs is 3. The van der Waals surface area contributed by atoms with Crippen LogP contribution in [-0.4, -0.2) is 40.0 Å². The predicted octanol–water partition coefficient (Wildman–Crippen LogP) is 1.47. The van der Waals surface area contributed by atoms with Crippen LogP contribution < -0.4 is 15.0 Å². The van der Waals surface area contributed by atoms with E-state index in [9.17, 15) is 4.79 Å². The summed E-state index contributed by atoms with van der Waals surface area (Å²) in [7, 11) is 0. The Bertz CT molecular complexity index is 1020. The number of carbonyl (C=O) groups excluding carboxylic acids is 1. The highest BCUT2D eigenvalue weighted by molar-refractivity contribution is 5.79. The summed E-state index contributed by atoms with van der Waals surface area (Å²) in [5, 5.41) is 11.7. The van der Waals surface area contributed by atoms with Crippen molar-refractivity contribution in [1.82, 2.24) is 20.3 Å². The van der Waals surface area contributed by atoms with Gasteiger partial charge < -0.3 is 15.0 Å². The lowest BCUT2D eigenvalue weighted by molar-refractivity contribution is -0.945. The summed E-state index contributed by atoms with van der Waals surface area (Å²) in [5.41, 5.74) is 1.98. The molecule has 3 aliphatic heterocycles. The van der Waals surface area contributed by atoms with Crippen LogP contribution in [0.2, 0.25) is 0 Å². The molecule has 0 radical (unpaired) electrons. The van der Waals surface area contributed by atoms with Crippen molar-refractivity contribution in [3.05, 3.63) is 78.1 Å². The van der Waals surface area contributed by atoms with Crippen molar-refractivity contribution in [2.45, 2.75) is 38.6 Å². The van der Waals surface area contributed by atoms with E-state index in [2.05, 4.69) is 27.8 Å². The molecule has 2 aromatic carbocycles. The number of nitrogens with zero attached hydrogens (tertiary/aromatic N) is 3. The average Bonchev–Trinajstić information content (AvgIpc) is 3.30. The van der Waals surface area contributed by atoms with Crippen LogP contribution in [-0.2, 0) is 24.5 Å². The monoisotopic (exact) mass is 432 g/mol. The fraction of sp³-hybridized carbons (Fsp3) is 0.400. The van der Waals surface area contributed by atoms with Crippen LogP contribution in [0, 0.1) is 11.8 Å². The molecule has 32 heavy (non-hydrogen) atoms. The first-order valence-electron chi connectivity index (χ1n) is 11.5. The second-order valence-electron chi connectivity index (χ2n) is 8.94. The zero-order valence-corrected chi connectivity index (χ0v) is 18.2. The molecule has 3 saturated heterocycles. The van der Waals surface area contributed by atoms with Gasteiger partial charge in [-0.1, -0.05) is 53.7 Å². The highest BCUT2D eigenvalue weighted by Gasteiger charge is 2.46. The maximum Gasteiger partial charge on any atom is 0.229 e. The molecule has 4 heterocycles. The third-order valence-electron chi connectivity index (χ3n) is 6.82. The maximum atomic E-state index is 12.9. The summed E-state index contributed by atoms with van der Waals surface area (Å²) in [4.78, 5) is 14.4. The topological polar surface area (TPSA) is 73.5 Å². The Morgan fingerprint density at radius 2 is 1.91 bits per heavy atom. The standard InChI is InChI=1S/C25H29N5O2/c31-25(26-14-19-7-3-1-4-8-19)24-17-29-12-11-20(24)13-22(29)16-30-15-21(27-28-30)18-32-23-9-5-2-6-10-23/h1-10,15,20,22,24H,11-14,16-18H2,(H,26,31)/p+1/t20-,22+,24-/m0/s1. The van der Waals surface area contributed by atoms with Gasteiger partial charge in [-0.2, -0.15) is 0 Å². The molecule has 0 aliphatic carbocycles. The van der Waals surface area contributed by atoms with Crippen LogP contribution in [0.4, 0.5) is 0 Å². The second-order valence-corrected chi connectivity index (χ2v) is 8.94. The SMILES string of the molecule is O=C(NCc1ccccc1)[C@H]1C[NH+]2CC[C@H]1C[C@@H]2Cn1cc(COc2ccccc2)nn1. The Labute approximate surface area is 188 Å². The molecule has 7 heteroatoms. The van der Waals surface area contributed by atoms with E-state index in [-0.39, 0.29) is 11.8 Å². The Kier molecular flexibility index (Phi) is 6.16. The van der Waals surface area contributed by atoms with Crippen molar-refractivity contribution < 1.29 is 14.4 Å². The van der Waals surface area contributed by atoms with Crippen molar-refractivity contribution in [3.63, 3.8) is 0 Å². The molecule has 6 rings (SSSR count). The fourth-order valence-corrected chi connectivity index (χ4v) is 5.13. The van der Waals surface area contributed by atoms with E-state index < -0.39 is 0 Å². The van der Waals surface area contributed by atoms with E-state index in [0.29, 0.717) is 25.1 Å². The molecule has 0 spiro atoms. The molecule has 2 N–H and O–H groups in total. The lowest BCUT2D eigenvalue weighted by Crippen LogP contribution is -3.20. The maximum absolute atomic E-state index is 12.9. The lowest BCUT2D eigenvalue weighted by atomic mass is 9.75. The number of hydrogen-bond donors (Lipinski definition) is 2. The minimum Gasteiger partial charge on any atom is -0.487 e. The second kappa shape index (κ2) is 9.53. The number of rotatable bonds is 8. The predicted molar refractivity (Wildman–Crippen MR) is 120 cm³/mol. The lowest BCUT2D eigenvalue weighted by Gasteiger charge is -2.46. The first-order chi connectivity index (χ1) is 15.7. The van der Waals surface area contributed by atoms with Crippen LogP contribution in [0.1, 0.15) is 24.1 Å². The zero-order valence-electron chi connectivity index (χ0n) is 18.2. The number of hydrogen-bond acceptors (Lipinski definition) is 4. The molecular formula is C25H30N5O2+. The number of ether oxygens (including phenoxy) is 1. The molecule has 3 aromatic rings. The van der Waals surface area contributed by atoms with Gasteiger partial charge in [0.15, 0.2) is 0 Å². The van der Waals surface area contributed by atoms with E-state index in [0.717, 1.165) is 49.5 Å². The highest BCUT2D eigenvalue weighted by atomic mass is 16.5. The van der Waals surface area contributed by atoms with Gasteiger partial charge in [-0.05, 0) is 23.6 Å². The van der Waals surface area contributed by atoms with E-state index in [1.807, 2.05) is 59.4 Å². The molecule has 4 atom stereocenters. The van der Waals surface area contributed by atoms with Crippen LogP contribution >= 0.6 is 0 Å². The first-order valence-corrected chi connectivity index (χ1v) is 11.5. The number of aromatic nitrogens is 3. The van der Waals surface area contributed by atoms with Gasteiger partial charge in [-0.15, -0.1) is 5.10 Å². The fourth-order valence-electron chi connectivity index (χ4n) is 5.13. The third kappa shape index (κ3) is 4.83. The molecule has 3 aliphatic rings. The van der Waals surface area contributed by atoms with Crippen molar-refractivity contribution >= 4 is 5.91 Å². The van der Waals surface area contributed by atoms with E-state index in [1.54, 1.807) is 0 Å². The highest BCUT2D eigenvalue weighted by Crippen LogP contribution is 2.27. The number of nitrogens with one attached hydrogen (secondary N) is 2. The molecule has 166 valence electrons. The van der Waals surface area contributed by atoms with Crippen molar-refractivity contribution in [1.29, 1.82) is 0 Å². The molecule has 0 saturated carbocycles. The summed E-state index contributed by atoms with van der Waals surface area (Å²) in [6, 6.07) is 20.3. The van der Waals surface area contributed by atoms with Gasteiger partial charge in [-0.25, -0.2) is 4.68 Å². The Hall–Kier alpha value is -3.19. The van der Waals surface area contributed by atoms with Gasteiger partial charge in [0.25, 0.3) is 0 Å². The molecular weight excluding hydrogens is 402 g/mol. The Morgan fingerprint density at radius 3 is 2.66 bits per heavy atom. The summed E-state index contributed by atoms with van der Waals surface area (Å²) >= 11 is 0. The van der Waals surface area contributed by atoms with Crippen LogP contribution in [0.5, 0.6) is 5.75 Å². The van der Waals surface area contributed by atoms with E-state index in [4.69, 9.17) is 4.74 Å². The van der Waals surface area contributed by atoms with Gasteiger partial charge in [0.1, 0.15) is 24.1 Å². The van der Waals surface area contributed by atoms with Gasteiger partial charge in [-0.3, -0.25) is 4.79 Å². The number of piperidine rings is 3. The number of amides is 1. The first kappa shape index (κ1) is 20.7. The Morgan fingerprint density at radius 1 is 1.12 bits per heavy atom. The molecule has 1 amide bonds. The van der Waals surface area contributed by atoms with E-state index in [1.165, 1.54) is 4.90 Å². The van der Waals surface area contributed by atoms with Crippen LogP contribution in [0.25, 0.3) is 0 Å². The summed E-state index contributed by atoms with van der Waals surface area (Å²) in [6.07, 6.45) is 4.17. The average molecular weight is 433 g/mol. The smallest absolute Gasteiger partial charge is 0.229 e. The Balaban J connectivity index is 1.12. The third-order valence-corrected chi connectivity index (χ3v) is 6.82. The zero-order chi connectivity index (χ0) is 21.8. The molecule has 1 unspecified atom stereocenters. The van der Waals surface area contributed by atoms with Gasteiger partial charge >= 0.3 is 0 Å². The summed E-state index contributed by atoms with van der Waals surface area (Å²) in [5.74, 6) is 1.61. The van der Waals surface area contributed by atoms with E-state index >= 15 is 0 Å². The molecule has 3 fully saturated rings. The van der Waals surface area contributed by atoms with Crippen LogP contribution in [0.3, 0.4) is 0 Å². The summed E-state index contributed by atoms with van der Waals surface area (Å²) in [6.45, 7) is 3.90. The normalized spacial score (nSPS) is 24.2. The largest absolute Gasteiger partial charge is 0.487 e. The summed E-state index contributed by atoms with van der Waals surface area (Å²) < 4.78 is 7.71. The minimum atomic E-state index is 0.115. The minimum absolute atomic E-state index is 0.115. The number of para-hydroxylation sites is 1. The molecule has 1 aromatic heterocycles. The number of benzene rings is 2. The van der Waals surface area contributed by atoms with Crippen molar-refractivity contribution in [3.8, 4) is 5.75 Å². The van der Waals surface area contributed by atoms with Gasteiger partial charge in [0.05, 0.1) is 31.7 Å².